The first-order chi connectivity index (χ1) is 5.72. The molecule has 0 aromatic heterocycles. The lowest BCUT2D eigenvalue weighted by molar-refractivity contribution is -0.115. The van der Waals surface area contributed by atoms with E-state index in [4.69, 9.17) is 0 Å². The summed E-state index contributed by atoms with van der Waals surface area (Å²) in [7, 11) is 0. The lowest BCUT2D eigenvalue weighted by atomic mass is 10.1. The van der Waals surface area contributed by atoms with E-state index in [-0.39, 0.29) is 5.78 Å². The highest BCUT2D eigenvalue weighted by Gasteiger charge is 2.01. The third kappa shape index (κ3) is 4.67. The molecule has 0 unspecified atom stereocenters. The van der Waals surface area contributed by atoms with Gasteiger partial charge in [0.25, 0.3) is 0 Å². The van der Waals surface area contributed by atoms with Crippen LogP contribution in [0.3, 0.4) is 0 Å². The highest BCUT2D eigenvalue weighted by atomic mass is 16.1. The predicted octanol–water partition coefficient (Wildman–Crippen LogP) is 3.04. The number of rotatable bonds is 6. The number of carbonyl (C=O) groups is 1. The molecule has 1 nitrogen and oxygen atoms in total. The van der Waals surface area contributed by atoms with Gasteiger partial charge >= 0.3 is 0 Å². The number of allylic oxidation sites excluding steroid dienone is 4. The van der Waals surface area contributed by atoms with Crippen LogP contribution >= 0.6 is 0 Å². The third-order valence-electron chi connectivity index (χ3n) is 1.55. The molecule has 0 N–H and O–H groups in total. The van der Waals surface area contributed by atoms with Crippen LogP contribution in [0, 0.1) is 0 Å². The second kappa shape index (κ2) is 6.59. The Balaban J connectivity index is 3.85. The SMILES string of the molecule is C=C/C=C\C(=C)C(=O)CCCC. The number of Topliss-reactive ketones (excluding diaryl/α,β-unsaturated/α-hetero) is 1. The van der Waals surface area contributed by atoms with Gasteiger partial charge in [0, 0.05) is 12.0 Å². The van der Waals surface area contributed by atoms with Crippen molar-refractivity contribution in [3.05, 3.63) is 37.0 Å². The van der Waals surface area contributed by atoms with Crippen molar-refractivity contribution in [3.8, 4) is 0 Å². The van der Waals surface area contributed by atoms with Crippen molar-refractivity contribution >= 4 is 5.78 Å². The van der Waals surface area contributed by atoms with Gasteiger partial charge in [0.05, 0.1) is 0 Å². The number of hydrogen-bond donors (Lipinski definition) is 0. The summed E-state index contributed by atoms with van der Waals surface area (Å²) in [6, 6.07) is 0. The van der Waals surface area contributed by atoms with E-state index in [1.807, 2.05) is 0 Å². The average Bonchev–Trinajstić information content (AvgIpc) is 2.10. The minimum atomic E-state index is 0.134. The van der Waals surface area contributed by atoms with Gasteiger partial charge in [0.15, 0.2) is 5.78 Å². The topological polar surface area (TPSA) is 17.1 Å². The van der Waals surface area contributed by atoms with Crippen molar-refractivity contribution in [2.45, 2.75) is 26.2 Å². The number of unbranched alkanes of at least 4 members (excludes halogenated alkanes) is 1. The van der Waals surface area contributed by atoms with Gasteiger partial charge in [-0.15, -0.1) is 0 Å². The molecule has 0 aromatic rings. The van der Waals surface area contributed by atoms with Gasteiger partial charge in [-0.1, -0.05) is 44.7 Å². The molecule has 0 aliphatic rings. The average molecular weight is 164 g/mol. The van der Waals surface area contributed by atoms with E-state index in [1.165, 1.54) is 0 Å². The molecule has 0 aliphatic heterocycles. The van der Waals surface area contributed by atoms with Gasteiger partial charge in [-0.05, 0) is 6.42 Å². The van der Waals surface area contributed by atoms with Gasteiger partial charge in [-0.3, -0.25) is 4.79 Å². The summed E-state index contributed by atoms with van der Waals surface area (Å²) < 4.78 is 0. The maximum absolute atomic E-state index is 11.2. The first-order valence-electron chi connectivity index (χ1n) is 4.23. The molecular weight excluding hydrogens is 148 g/mol. The summed E-state index contributed by atoms with van der Waals surface area (Å²) >= 11 is 0. The zero-order chi connectivity index (χ0) is 9.40. The first-order valence-corrected chi connectivity index (χ1v) is 4.23. The number of carbonyl (C=O) groups excluding carboxylic acids is 1. The molecule has 0 aliphatic carbocycles. The molecule has 1 heteroatoms. The Morgan fingerprint density at radius 3 is 2.67 bits per heavy atom. The fraction of sp³-hybridized carbons (Fsp3) is 0.364. The summed E-state index contributed by atoms with van der Waals surface area (Å²) in [6.45, 7) is 9.24. The summed E-state index contributed by atoms with van der Waals surface area (Å²) in [5.74, 6) is 0.134. The molecule has 0 fully saturated rings. The largest absolute Gasteiger partial charge is 0.294 e. The second-order valence-corrected chi connectivity index (χ2v) is 2.65. The minimum Gasteiger partial charge on any atom is -0.294 e. The Labute approximate surface area is 74.5 Å². The Morgan fingerprint density at radius 1 is 1.50 bits per heavy atom. The highest BCUT2D eigenvalue weighted by molar-refractivity contribution is 5.97. The van der Waals surface area contributed by atoms with Gasteiger partial charge < -0.3 is 0 Å². The summed E-state index contributed by atoms with van der Waals surface area (Å²) in [5, 5.41) is 0. The predicted molar refractivity (Wildman–Crippen MR) is 53.0 cm³/mol. The number of hydrogen-bond acceptors (Lipinski definition) is 1. The quantitative estimate of drug-likeness (QED) is 0.435. The van der Waals surface area contributed by atoms with Gasteiger partial charge in [0.2, 0.25) is 0 Å². The van der Waals surface area contributed by atoms with Gasteiger partial charge in [-0.25, -0.2) is 0 Å². The normalized spacial score (nSPS) is 10.1. The minimum absolute atomic E-state index is 0.134. The van der Waals surface area contributed by atoms with Crippen LogP contribution in [-0.2, 0) is 4.79 Å². The first kappa shape index (κ1) is 10.9. The van der Waals surface area contributed by atoms with Crippen molar-refractivity contribution in [1.82, 2.24) is 0 Å². The maximum atomic E-state index is 11.2. The summed E-state index contributed by atoms with van der Waals surface area (Å²) in [5.41, 5.74) is 0.573. The Bertz CT molecular complexity index is 199. The van der Waals surface area contributed by atoms with Crippen LogP contribution in [0.15, 0.2) is 37.0 Å². The maximum Gasteiger partial charge on any atom is 0.162 e. The molecular formula is C11H16O. The van der Waals surface area contributed by atoms with Crippen LogP contribution in [0.25, 0.3) is 0 Å². The second-order valence-electron chi connectivity index (χ2n) is 2.65. The Morgan fingerprint density at radius 2 is 2.17 bits per heavy atom. The summed E-state index contributed by atoms with van der Waals surface area (Å²) in [6.07, 6.45) is 7.66. The molecule has 0 heterocycles. The van der Waals surface area contributed by atoms with Crippen LogP contribution in [0.2, 0.25) is 0 Å². The van der Waals surface area contributed by atoms with Crippen molar-refractivity contribution < 1.29 is 4.79 Å². The molecule has 0 spiro atoms. The van der Waals surface area contributed by atoms with Crippen LogP contribution in [0.1, 0.15) is 26.2 Å². The molecule has 0 bridgehead atoms. The summed E-state index contributed by atoms with van der Waals surface area (Å²) in [4.78, 5) is 11.2. The fourth-order valence-electron chi connectivity index (χ4n) is 0.775. The smallest absolute Gasteiger partial charge is 0.162 e. The molecule has 0 aromatic carbocycles. The Kier molecular flexibility index (Phi) is 5.98. The molecule has 0 saturated carbocycles. The van der Waals surface area contributed by atoms with Gasteiger partial charge in [-0.2, -0.15) is 0 Å². The van der Waals surface area contributed by atoms with Gasteiger partial charge in [0.1, 0.15) is 0 Å². The monoisotopic (exact) mass is 164 g/mol. The lowest BCUT2D eigenvalue weighted by Gasteiger charge is -1.96. The fourth-order valence-corrected chi connectivity index (χ4v) is 0.775. The van der Waals surface area contributed by atoms with E-state index in [0.717, 1.165) is 12.8 Å². The van der Waals surface area contributed by atoms with E-state index in [1.54, 1.807) is 18.2 Å². The molecule has 0 saturated heterocycles. The lowest BCUT2D eigenvalue weighted by Crippen LogP contribution is -1.98. The molecule has 0 amide bonds. The van der Waals surface area contributed by atoms with E-state index < -0.39 is 0 Å². The molecule has 0 rings (SSSR count). The zero-order valence-electron chi connectivity index (χ0n) is 7.68. The molecule has 0 radical (unpaired) electrons. The standard InChI is InChI=1S/C11H16O/c1-4-6-8-10(3)11(12)9-7-5-2/h4,6,8H,1,3,5,7,9H2,2H3/b8-6-. The van der Waals surface area contributed by atoms with Crippen molar-refractivity contribution in [2.75, 3.05) is 0 Å². The zero-order valence-corrected chi connectivity index (χ0v) is 7.68. The van der Waals surface area contributed by atoms with Crippen LogP contribution in [0.5, 0.6) is 0 Å². The molecule has 66 valence electrons. The van der Waals surface area contributed by atoms with E-state index in [0.29, 0.717) is 12.0 Å². The third-order valence-corrected chi connectivity index (χ3v) is 1.55. The van der Waals surface area contributed by atoms with E-state index in [2.05, 4.69) is 20.1 Å². The highest BCUT2D eigenvalue weighted by Crippen LogP contribution is 2.03. The molecule has 12 heavy (non-hydrogen) atoms. The van der Waals surface area contributed by atoms with Crippen molar-refractivity contribution in [2.24, 2.45) is 0 Å². The van der Waals surface area contributed by atoms with Crippen LogP contribution < -0.4 is 0 Å². The van der Waals surface area contributed by atoms with Crippen LogP contribution in [-0.4, -0.2) is 5.78 Å². The van der Waals surface area contributed by atoms with E-state index in [9.17, 15) is 4.79 Å². The number of ketones is 1. The molecule has 0 atom stereocenters. The van der Waals surface area contributed by atoms with Crippen molar-refractivity contribution in [3.63, 3.8) is 0 Å². The van der Waals surface area contributed by atoms with E-state index >= 15 is 0 Å². The van der Waals surface area contributed by atoms with Crippen molar-refractivity contribution in [1.29, 1.82) is 0 Å². The van der Waals surface area contributed by atoms with Crippen LogP contribution in [0.4, 0.5) is 0 Å². The Hall–Kier alpha value is -1.11.